The first-order valence-electron chi connectivity index (χ1n) is 14.8. The number of anilines is 1. The Morgan fingerprint density at radius 2 is 1.67 bits per heavy atom. The van der Waals surface area contributed by atoms with E-state index in [0.29, 0.717) is 57.0 Å². The fourth-order valence-electron chi connectivity index (χ4n) is 5.41. The molecule has 4 N–H and O–H groups in total. The molecule has 0 aliphatic carbocycles. The largest absolute Gasteiger partial charge is 0.448 e. The van der Waals surface area contributed by atoms with Gasteiger partial charge in [0.05, 0.1) is 56.1 Å². The molecule has 240 valence electrons. The van der Waals surface area contributed by atoms with Crippen LogP contribution in [0.1, 0.15) is 29.0 Å². The Morgan fingerprint density at radius 3 is 2.27 bits per heavy atom. The minimum atomic E-state index is -1.18. The maximum absolute atomic E-state index is 15.0. The number of nitrogens with two attached hydrogens (primary N) is 1. The molecule has 2 fully saturated rings. The Hall–Kier alpha value is -4.04. The molecule has 2 aromatic carbocycles. The van der Waals surface area contributed by atoms with Crippen LogP contribution in [0.4, 0.5) is 23.7 Å². The number of pyridine rings is 1. The van der Waals surface area contributed by atoms with Crippen molar-refractivity contribution in [3.05, 3.63) is 95.1 Å². The Morgan fingerprint density at radius 1 is 1.02 bits per heavy atom. The van der Waals surface area contributed by atoms with Gasteiger partial charge < -0.3 is 35.5 Å². The molecular weight excluding hydrogens is 591 g/mol. The van der Waals surface area contributed by atoms with Gasteiger partial charge in [0.15, 0.2) is 0 Å². The summed E-state index contributed by atoms with van der Waals surface area (Å²) in [6, 6.07) is 9.74. The number of carbonyl (C=O) groups is 2. The van der Waals surface area contributed by atoms with Crippen molar-refractivity contribution in [2.75, 3.05) is 51.4 Å². The van der Waals surface area contributed by atoms with E-state index >= 15 is 0 Å². The van der Waals surface area contributed by atoms with E-state index in [2.05, 4.69) is 15.6 Å². The molecule has 5 rings (SSSR count). The molecule has 13 heteroatoms. The van der Waals surface area contributed by atoms with Gasteiger partial charge in [-0.25, -0.2) is 18.0 Å². The second-order valence-electron chi connectivity index (χ2n) is 11.0. The lowest BCUT2D eigenvalue weighted by molar-refractivity contribution is -0.117. The fourth-order valence-corrected chi connectivity index (χ4v) is 5.41. The number of benzene rings is 2. The number of hydrogen-bond acceptors (Lipinski definition) is 8. The summed E-state index contributed by atoms with van der Waals surface area (Å²) >= 11 is 0. The maximum atomic E-state index is 15.0. The number of ether oxygens (including phenoxy) is 3. The highest BCUT2D eigenvalue weighted by Gasteiger charge is 2.30. The number of hydrogen-bond donors (Lipinski definition) is 3. The Labute approximate surface area is 259 Å². The molecule has 0 radical (unpaired) electrons. The lowest BCUT2D eigenvalue weighted by Gasteiger charge is -2.31. The van der Waals surface area contributed by atoms with Crippen LogP contribution in [-0.4, -0.2) is 86.1 Å². The second-order valence-corrected chi connectivity index (χ2v) is 11.0. The van der Waals surface area contributed by atoms with Crippen molar-refractivity contribution in [2.24, 2.45) is 5.73 Å². The lowest BCUT2D eigenvalue weighted by Crippen LogP contribution is -2.50. The molecule has 3 aromatic rings. The van der Waals surface area contributed by atoms with E-state index in [9.17, 15) is 22.8 Å². The Kier molecular flexibility index (Phi) is 11.0. The zero-order chi connectivity index (χ0) is 31.8. The Bertz CT molecular complexity index is 1390. The molecule has 0 spiro atoms. The van der Waals surface area contributed by atoms with Crippen LogP contribution in [-0.2, 0) is 25.4 Å². The molecule has 1 aromatic heterocycles. The number of morpholine rings is 2. The minimum Gasteiger partial charge on any atom is -0.448 e. The number of carbonyl (C=O) groups excluding carboxylic acids is 2. The quantitative estimate of drug-likeness (QED) is 0.313. The third-order valence-electron chi connectivity index (χ3n) is 7.94. The van der Waals surface area contributed by atoms with Crippen LogP contribution in [0.5, 0.6) is 0 Å². The summed E-state index contributed by atoms with van der Waals surface area (Å²) in [6.45, 7) is 2.92. The number of amides is 2. The Balaban J connectivity index is 1.18. The van der Waals surface area contributed by atoms with Gasteiger partial charge >= 0.3 is 6.09 Å². The van der Waals surface area contributed by atoms with Gasteiger partial charge in [-0.15, -0.1) is 0 Å². The SMILES string of the molecule is NC(C(=O)Nc1cncc(F)c1CC[C@@H]1CN[C@H](COC(=O)N2CCOCC2)CO1)C(c1ccc(F)cc1)c1ccc(F)cc1. The number of halogens is 3. The summed E-state index contributed by atoms with van der Waals surface area (Å²) < 4.78 is 58.9. The van der Waals surface area contributed by atoms with Crippen molar-refractivity contribution in [1.82, 2.24) is 15.2 Å². The smallest absolute Gasteiger partial charge is 0.409 e. The number of rotatable bonds is 10. The van der Waals surface area contributed by atoms with E-state index in [1.807, 2.05) is 0 Å². The summed E-state index contributed by atoms with van der Waals surface area (Å²) in [5, 5.41) is 6.02. The molecule has 3 atom stereocenters. The molecule has 3 heterocycles. The van der Waals surface area contributed by atoms with Crippen molar-refractivity contribution in [3.8, 4) is 0 Å². The highest BCUT2D eigenvalue weighted by Crippen LogP contribution is 2.29. The fraction of sp³-hybridized carbons (Fsp3) is 0.406. The van der Waals surface area contributed by atoms with Crippen LogP contribution < -0.4 is 16.4 Å². The maximum Gasteiger partial charge on any atom is 0.409 e. The summed E-state index contributed by atoms with van der Waals surface area (Å²) in [5.41, 5.74) is 7.97. The number of nitrogens with zero attached hydrogens (tertiary/aromatic N) is 2. The summed E-state index contributed by atoms with van der Waals surface area (Å²) in [4.78, 5) is 31.2. The van der Waals surface area contributed by atoms with E-state index in [0.717, 1.165) is 6.20 Å². The second kappa shape index (κ2) is 15.3. The van der Waals surface area contributed by atoms with Crippen LogP contribution >= 0.6 is 0 Å². The van der Waals surface area contributed by atoms with E-state index in [1.54, 1.807) is 4.90 Å². The average molecular weight is 628 g/mol. The average Bonchev–Trinajstić information content (AvgIpc) is 3.06. The first kappa shape index (κ1) is 32.4. The molecule has 0 bridgehead atoms. The highest BCUT2D eigenvalue weighted by molar-refractivity contribution is 5.96. The number of nitrogens with one attached hydrogen (secondary N) is 2. The van der Waals surface area contributed by atoms with Gasteiger partial charge in [0.2, 0.25) is 5.91 Å². The molecular formula is C32H36F3N5O5. The van der Waals surface area contributed by atoms with Gasteiger partial charge in [-0.05, 0) is 48.2 Å². The van der Waals surface area contributed by atoms with Crippen molar-refractivity contribution in [3.63, 3.8) is 0 Å². The standard InChI is InChI=1S/C32H36F3N5O5/c33-22-5-1-20(2-6-22)29(21-3-7-23(34)8-4-21)30(36)31(41)39-28-17-37-16-27(35)26(28)10-9-25-15-38-24(18-44-25)19-45-32(42)40-11-13-43-14-12-40/h1-8,16-17,24-25,29-30,38H,9-15,18-19,36H2,(H,39,41)/t24-,25+,30?/m0/s1. The van der Waals surface area contributed by atoms with Crippen molar-refractivity contribution in [2.45, 2.75) is 36.9 Å². The van der Waals surface area contributed by atoms with Crippen LogP contribution in [0.2, 0.25) is 0 Å². The van der Waals surface area contributed by atoms with Crippen molar-refractivity contribution in [1.29, 1.82) is 0 Å². The van der Waals surface area contributed by atoms with Gasteiger partial charge in [0.25, 0.3) is 0 Å². The van der Waals surface area contributed by atoms with Crippen LogP contribution in [0.3, 0.4) is 0 Å². The van der Waals surface area contributed by atoms with E-state index < -0.39 is 35.3 Å². The third-order valence-corrected chi connectivity index (χ3v) is 7.94. The molecule has 2 aliphatic rings. The van der Waals surface area contributed by atoms with E-state index in [1.165, 1.54) is 54.7 Å². The number of aromatic nitrogens is 1. The zero-order valence-electron chi connectivity index (χ0n) is 24.6. The van der Waals surface area contributed by atoms with Gasteiger partial charge in [0, 0.05) is 31.1 Å². The summed E-state index contributed by atoms with van der Waals surface area (Å²) in [7, 11) is 0. The topological polar surface area (TPSA) is 128 Å². The predicted molar refractivity (Wildman–Crippen MR) is 159 cm³/mol. The van der Waals surface area contributed by atoms with Gasteiger partial charge in [0.1, 0.15) is 24.1 Å². The van der Waals surface area contributed by atoms with Gasteiger partial charge in [-0.1, -0.05) is 24.3 Å². The molecule has 1 unspecified atom stereocenters. The van der Waals surface area contributed by atoms with Crippen LogP contribution in [0.15, 0.2) is 60.9 Å². The van der Waals surface area contributed by atoms with Crippen molar-refractivity contribution >= 4 is 17.7 Å². The van der Waals surface area contributed by atoms with E-state index in [-0.39, 0.29) is 42.5 Å². The molecule has 2 aliphatic heterocycles. The first-order valence-corrected chi connectivity index (χ1v) is 14.8. The summed E-state index contributed by atoms with van der Waals surface area (Å²) in [5.74, 6) is -2.85. The lowest BCUT2D eigenvalue weighted by atomic mass is 9.85. The molecule has 2 amide bonds. The van der Waals surface area contributed by atoms with Gasteiger partial charge in [-0.2, -0.15) is 0 Å². The van der Waals surface area contributed by atoms with Crippen LogP contribution in [0, 0.1) is 17.5 Å². The van der Waals surface area contributed by atoms with Crippen LogP contribution in [0.25, 0.3) is 0 Å². The molecule has 0 saturated carbocycles. The third kappa shape index (κ3) is 8.57. The summed E-state index contributed by atoms with van der Waals surface area (Å²) in [6.07, 6.45) is 2.48. The monoisotopic (exact) mass is 627 g/mol. The minimum absolute atomic E-state index is 0.162. The first-order chi connectivity index (χ1) is 21.8. The molecule has 45 heavy (non-hydrogen) atoms. The van der Waals surface area contributed by atoms with E-state index in [4.69, 9.17) is 19.9 Å². The predicted octanol–water partition coefficient (Wildman–Crippen LogP) is 3.36. The zero-order valence-corrected chi connectivity index (χ0v) is 24.6. The molecule has 2 saturated heterocycles. The molecule has 10 nitrogen and oxygen atoms in total. The van der Waals surface area contributed by atoms with Crippen molar-refractivity contribution < 1.29 is 37.0 Å². The van der Waals surface area contributed by atoms with Gasteiger partial charge in [-0.3, -0.25) is 9.78 Å². The highest BCUT2D eigenvalue weighted by atomic mass is 19.1. The normalized spacial score (nSPS) is 19.3.